The summed E-state index contributed by atoms with van der Waals surface area (Å²) < 4.78 is 0. The lowest BCUT2D eigenvalue weighted by atomic mass is 10.1. The van der Waals surface area contributed by atoms with Gasteiger partial charge in [-0.1, -0.05) is 68.9 Å². The van der Waals surface area contributed by atoms with Crippen molar-refractivity contribution in [3.63, 3.8) is 0 Å². The lowest BCUT2D eigenvalue weighted by Gasteiger charge is -2.04. The molecule has 0 saturated carbocycles. The summed E-state index contributed by atoms with van der Waals surface area (Å²) >= 11 is 15.9. The highest BCUT2D eigenvalue weighted by atomic mass is 35.5. The second-order valence-electron chi connectivity index (χ2n) is 5.82. The van der Waals surface area contributed by atoms with E-state index in [0.29, 0.717) is 21.6 Å². The molecule has 0 aliphatic carbocycles. The number of nitrogen functional groups attached to an aromatic ring is 1. The van der Waals surface area contributed by atoms with E-state index >= 15 is 0 Å². The maximum atomic E-state index is 5.90. The fraction of sp³-hybridized carbons (Fsp3) is 0.350. The zero-order valence-electron chi connectivity index (χ0n) is 16.4. The number of anilines is 1. The van der Waals surface area contributed by atoms with Crippen molar-refractivity contribution in [3.05, 3.63) is 57.1 Å². The number of halogens is 2. The molecule has 0 aromatic heterocycles. The average molecular weight is 429 g/mol. The molecule has 2 aromatic rings. The summed E-state index contributed by atoms with van der Waals surface area (Å²) in [5, 5.41) is 4.70. The quantitative estimate of drug-likeness (QED) is 0.124. The van der Waals surface area contributed by atoms with E-state index in [4.69, 9.17) is 40.5 Å². The molecule has 0 bridgehead atoms. The van der Waals surface area contributed by atoms with Gasteiger partial charge in [-0.3, -0.25) is 0 Å². The summed E-state index contributed by atoms with van der Waals surface area (Å²) in [4.78, 5) is 0.866. The van der Waals surface area contributed by atoms with Crippen molar-refractivity contribution >= 4 is 47.4 Å². The van der Waals surface area contributed by atoms with Crippen molar-refractivity contribution in [2.24, 2.45) is 16.7 Å². The Kier molecular flexibility index (Phi) is 12.8. The molecule has 0 aliphatic heterocycles. The van der Waals surface area contributed by atoms with E-state index in [0.717, 1.165) is 28.0 Å². The Bertz CT molecular complexity index is 724. The van der Waals surface area contributed by atoms with Crippen LogP contribution in [-0.4, -0.2) is 5.84 Å². The van der Waals surface area contributed by atoms with E-state index in [1.54, 1.807) is 18.2 Å². The molecule has 4 nitrogen and oxygen atoms in total. The molecular weight excluding hydrogens is 399 g/mol. The Morgan fingerprint density at radius 1 is 1.07 bits per heavy atom. The van der Waals surface area contributed by atoms with Gasteiger partial charge in [0.2, 0.25) is 0 Å². The van der Waals surface area contributed by atoms with Crippen LogP contribution in [0.1, 0.15) is 50.3 Å². The molecule has 7 heteroatoms. The van der Waals surface area contributed by atoms with Gasteiger partial charge in [-0.25, -0.2) is 0 Å². The normalized spacial score (nSPS) is 10.4. The van der Waals surface area contributed by atoms with Crippen molar-refractivity contribution in [1.29, 1.82) is 0 Å². The third-order valence-electron chi connectivity index (χ3n) is 3.70. The number of hydrazone groups is 1. The molecule has 6 N–H and O–H groups in total. The van der Waals surface area contributed by atoms with Crippen molar-refractivity contribution in [3.8, 4) is 0 Å². The van der Waals surface area contributed by atoms with Gasteiger partial charge in [0.15, 0.2) is 0 Å². The monoisotopic (exact) mass is 428 g/mol. The second kappa shape index (κ2) is 13.6. The van der Waals surface area contributed by atoms with E-state index in [1.165, 1.54) is 12.8 Å². The largest absolute Gasteiger partial charge is 0.398 e. The van der Waals surface area contributed by atoms with Crippen LogP contribution in [0.25, 0.3) is 0 Å². The van der Waals surface area contributed by atoms with Crippen LogP contribution < -0.4 is 17.3 Å². The van der Waals surface area contributed by atoms with Crippen LogP contribution in [0.5, 0.6) is 0 Å². The van der Waals surface area contributed by atoms with E-state index in [1.807, 2.05) is 26.0 Å². The number of thiol groups is 1. The predicted octanol–water partition coefficient (Wildman–Crippen LogP) is 5.81. The molecule has 2 aromatic carbocycles. The third-order valence-corrected chi connectivity index (χ3v) is 4.66. The highest BCUT2D eigenvalue weighted by Crippen LogP contribution is 2.27. The Morgan fingerprint density at radius 3 is 2.07 bits per heavy atom. The number of amidine groups is 1. The highest BCUT2D eigenvalue weighted by Gasteiger charge is 2.03. The molecule has 0 amide bonds. The molecular formula is C20H30Cl2N4S. The summed E-state index contributed by atoms with van der Waals surface area (Å²) in [5.74, 6) is 5.31. The first-order valence-corrected chi connectivity index (χ1v) is 9.98. The summed E-state index contributed by atoms with van der Waals surface area (Å²) in [6.07, 6.45) is 3.52. The molecule has 150 valence electrons. The van der Waals surface area contributed by atoms with Gasteiger partial charge in [0.1, 0.15) is 5.84 Å². The van der Waals surface area contributed by atoms with Gasteiger partial charge in [-0.2, -0.15) is 5.10 Å². The predicted molar refractivity (Wildman–Crippen MR) is 124 cm³/mol. The average Bonchev–Trinajstić information content (AvgIpc) is 2.63. The van der Waals surface area contributed by atoms with Crippen LogP contribution in [0.15, 0.2) is 40.3 Å². The van der Waals surface area contributed by atoms with Crippen LogP contribution in [0.4, 0.5) is 5.69 Å². The summed E-state index contributed by atoms with van der Waals surface area (Å²) in [7, 11) is 0. The molecule has 0 aliphatic rings. The van der Waals surface area contributed by atoms with Gasteiger partial charge in [0.05, 0.1) is 0 Å². The number of hydrogen-bond acceptors (Lipinski definition) is 4. The Balaban J connectivity index is 0.000000421. The number of nitrogens with zero attached hydrogens (tertiary/aromatic N) is 1. The smallest absolute Gasteiger partial charge is 0.150 e. The van der Waals surface area contributed by atoms with E-state index < -0.39 is 0 Å². The van der Waals surface area contributed by atoms with Crippen molar-refractivity contribution < 1.29 is 0 Å². The Morgan fingerprint density at radius 2 is 1.67 bits per heavy atom. The molecule has 0 unspecified atom stereocenters. The van der Waals surface area contributed by atoms with Crippen molar-refractivity contribution in [2.45, 2.75) is 51.9 Å². The third kappa shape index (κ3) is 9.27. The number of rotatable bonds is 3. The summed E-state index contributed by atoms with van der Waals surface area (Å²) in [6, 6.07) is 9.00. The molecule has 0 fully saturated rings. The van der Waals surface area contributed by atoms with Gasteiger partial charge in [-0.15, -0.1) is 12.6 Å². The minimum atomic E-state index is 0.293. The van der Waals surface area contributed by atoms with Crippen molar-refractivity contribution in [1.82, 2.24) is 0 Å². The van der Waals surface area contributed by atoms with Gasteiger partial charge in [0, 0.05) is 26.2 Å². The lowest BCUT2D eigenvalue weighted by molar-refractivity contribution is 0.886. The fourth-order valence-electron chi connectivity index (χ4n) is 1.81. The number of benzene rings is 2. The minimum Gasteiger partial charge on any atom is -0.398 e. The first kappa shape index (κ1) is 25.4. The molecule has 0 heterocycles. The fourth-order valence-corrected chi connectivity index (χ4v) is 3.00. The van der Waals surface area contributed by atoms with Crippen LogP contribution in [0, 0.1) is 6.92 Å². The van der Waals surface area contributed by atoms with Gasteiger partial charge in [0.25, 0.3) is 0 Å². The van der Waals surface area contributed by atoms with Crippen LogP contribution in [-0.2, 0) is 6.42 Å². The highest BCUT2D eigenvalue weighted by molar-refractivity contribution is 7.80. The van der Waals surface area contributed by atoms with Gasteiger partial charge in [-0.05, 0) is 42.7 Å². The molecule has 0 radical (unpaired) electrons. The second-order valence-corrected chi connectivity index (χ2v) is 7.15. The minimum absolute atomic E-state index is 0.293. The van der Waals surface area contributed by atoms with Crippen LogP contribution >= 0.6 is 35.8 Å². The number of nitrogens with two attached hydrogens (primary N) is 3. The number of unbranched alkanes of at least 4 members (excludes halogenated alkanes) is 1. The Hall–Kier alpha value is -1.56. The Labute approximate surface area is 178 Å². The van der Waals surface area contributed by atoms with E-state index in [-0.39, 0.29) is 0 Å². The van der Waals surface area contributed by atoms with E-state index in [9.17, 15) is 0 Å². The summed E-state index contributed by atoms with van der Waals surface area (Å²) in [6.45, 7) is 8.32. The van der Waals surface area contributed by atoms with Crippen LogP contribution in [0.3, 0.4) is 0 Å². The summed E-state index contributed by atoms with van der Waals surface area (Å²) in [5.41, 5.74) is 14.7. The zero-order chi connectivity index (χ0) is 21.0. The zero-order valence-corrected chi connectivity index (χ0v) is 18.8. The number of hydrogen-bond donors (Lipinski definition) is 4. The molecule has 0 spiro atoms. The van der Waals surface area contributed by atoms with Crippen molar-refractivity contribution in [2.75, 3.05) is 5.73 Å². The first-order chi connectivity index (χ1) is 12.7. The number of aryl methyl sites for hydroxylation is 1. The lowest BCUT2D eigenvalue weighted by Crippen LogP contribution is -2.15. The maximum Gasteiger partial charge on any atom is 0.150 e. The first-order valence-electron chi connectivity index (χ1n) is 8.78. The van der Waals surface area contributed by atoms with E-state index in [2.05, 4.69) is 31.6 Å². The standard InChI is InChI=1S/C8H8Cl2S.C8H12N4.C4H10/c1-2-6-7(10)3-5(9)4-8(6)11;1-5-2-3-6(4-7(5)9)8(10)12-11;1-3-4-2/h3-4,11H,2H2,1H3;2-4H,9,11H2,1H3,(H2,10,12);3-4H2,1-2H3. The van der Waals surface area contributed by atoms with Gasteiger partial charge >= 0.3 is 0 Å². The van der Waals surface area contributed by atoms with Gasteiger partial charge < -0.3 is 17.3 Å². The molecule has 0 atom stereocenters. The molecule has 27 heavy (non-hydrogen) atoms. The molecule has 0 saturated heterocycles. The topological polar surface area (TPSA) is 90.4 Å². The SMILES string of the molecule is CCCC.CCc1c(S)cc(Cl)cc1Cl.Cc1ccc(/C(N)=N/N)cc1N. The molecule has 2 rings (SSSR count). The maximum absolute atomic E-state index is 5.90. The van der Waals surface area contributed by atoms with Crippen LogP contribution in [0.2, 0.25) is 10.0 Å².